The van der Waals surface area contributed by atoms with Crippen molar-refractivity contribution in [1.29, 1.82) is 0 Å². The zero-order valence-corrected chi connectivity index (χ0v) is 52.6. The molecule has 1 aromatic rings. The third-order valence-electron chi connectivity index (χ3n) is 25.7. The molecule has 1 aromatic heterocycles. The number of nitrogens with one attached hydrogen (secondary N) is 2. The highest BCUT2D eigenvalue weighted by Crippen LogP contribution is 2.70. The number of aromatic amines is 1. The first-order valence-electron chi connectivity index (χ1n) is 34.2. The molecule has 0 spiro atoms. The summed E-state index contributed by atoms with van der Waals surface area (Å²) in [5.74, 6) is 8.88. The summed E-state index contributed by atoms with van der Waals surface area (Å²) in [5.41, 5.74) is 8.81. The Hall–Kier alpha value is -1.82. The number of carbonyl (C=O) groups is 1. The van der Waals surface area contributed by atoms with Crippen molar-refractivity contribution in [2.24, 2.45) is 98.4 Å². The summed E-state index contributed by atoms with van der Waals surface area (Å²) >= 11 is 0. The smallest absolute Gasteiger partial charge is 0.306 e. The van der Waals surface area contributed by atoms with Gasteiger partial charge >= 0.3 is 5.97 Å². The van der Waals surface area contributed by atoms with Gasteiger partial charge in [-0.3, -0.25) is 4.79 Å². The number of aryl methyl sites for hydroxylation is 1. The van der Waals surface area contributed by atoms with Gasteiger partial charge in [-0.05, 0) is 229 Å². The number of aliphatic hydroxyl groups is 2. The number of nitrogens with two attached hydrogens (primary N) is 1. The van der Waals surface area contributed by atoms with Crippen LogP contribution in [0.25, 0.3) is 0 Å². The zero-order valence-electron chi connectivity index (χ0n) is 52.6. The Bertz CT molecular complexity index is 2120. The van der Waals surface area contributed by atoms with Gasteiger partial charge < -0.3 is 40.5 Å². The van der Waals surface area contributed by atoms with Crippen LogP contribution in [0.4, 0.5) is 0 Å². The zero-order chi connectivity index (χ0) is 56.9. The second-order valence-corrected chi connectivity index (χ2v) is 30.8. The van der Waals surface area contributed by atoms with Crippen molar-refractivity contribution in [3.63, 3.8) is 0 Å². The molecular weight excluding hydrogens is 993 g/mol. The van der Waals surface area contributed by atoms with Gasteiger partial charge in [-0.15, -0.1) is 0 Å². The number of hydrogen-bond acceptors (Lipinski definition) is 9. The van der Waals surface area contributed by atoms with Crippen LogP contribution in [0.15, 0.2) is 24.2 Å². The molecule has 0 radical (unpaired) electrons. The quantitative estimate of drug-likeness (QED) is 0.0300. The molecule has 8 aliphatic rings. The van der Waals surface area contributed by atoms with Gasteiger partial charge in [-0.25, -0.2) is 4.98 Å². The van der Waals surface area contributed by atoms with E-state index in [2.05, 4.69) is 83.7 Å². The van der Waals surface area contributed by atoms with E-state index in [1.807, 2.05) is 0 Å². The number of esters is 1. The number of rotatable bonds is 29. The van der Waals surface area contributed by atoms with Crippen molar-refractivity contribution in [2.45, 2.75) is 278 Å². The molecule has 0 bridgehead atoms. The standard InChI is InChI=1S/C70H120N4O6/c1-47(2)15-12-17-49(4)59-23-25-61-57-43-64(70(77)44-53(75)27-35-69(70,9)63(57)30-34-68(59,61)8)73-37-14-39-78-38-10-11-40-79-54(31-36-71)41-48(3)16-13-18-50(5)58-22-24-60-56-21-19-51-42-55(80-65(76)26-20-52-45-72-46-74-52)28-32-66(51,6)62(56)29-33-67(58,60)7/h19,45-50,53-64,73,75,77H,10-18,20-44,71H2,1-9H3,(H,72,74)/t48?,49-,50-,53+,54?,55+,56?,57?,58-,59-,60+,61+,62+,63+,64?,66?,67?,68?,69?,70+/m1/s1. The summed E-state index contributed by atoms with van der Waals surface area (Å²) in [6.07, 6.45) is 38.3. The highest BCUT2D eigenvalue weighted by atomic mass is 16.5. The lowest BCUT2D eigenvalue weighted by Gasteiger charge is -2.66. The fourth-order valence-corrected chi connectivity index (χ4v) is 21.3. The second-order valence-electron chi connectivity index (χ2n) is 30.8. The molecule has 20 atom stereocenters. The number of imidazole rings is 1. The largest absolute Gasteiger partial charge is 0.462 e. The summed E-state index contributed by atoms with van der Waals surface area (Å²) in [6, 6.07) is 0.0186. The number of ether oxygens (including phenoxy) is 3. The predicted molar refractivity (Wildman–Crippen MR) is 325 cm³/mol. The molecule has 0 aliphatic heterocycles. The van der Waals surface area contributed by atoms with Crippen LogP contribution in [0.1, 0.15) is 248 Å². The molecule has 0 aromatic carbocycles. The lowest BCUT2D eigenvalue weighted by molar-refractivity contribution is -0.234. The van der Waals surface area contributed by atoms with E-state index in [0.717, 1.165) is 156 Å². The lowest BCUT2D eigenvalue weighted by Crippen LogP contribution is -2.71. The average Bonchev–Trinajstić information content (AvgIpc) is 4.17. The maximum atomic E-state index is 12.8. The molecule has 0 saturated heterocycles. The number of allylic oxidation sites excluding steroid dienone is 1. The monoisotopic (exact) mass is 1110 g/mol. The first-order chi connectivity index (χ1) is 38.3. The van der Waals surface area contributed by atoms with Crippen molar-refractivity contribution < 1.29 is 29.2 Å². The van der Waals surface area contributed by atoms with Crippen LogP contribution in [0.2, 0.25) is 0 Å². The van der Waals surface area contributed by atoms with Crippen molar-refractivity contribution in [2.75, 3.05) is 32.9 Å². The molecule has 1 heterocycles. The van der Waals surface area contributed by atoms with Crippen LogP contribution < -0.4 is 11.1 Å². The van der Waals surface area contributed by atoms with Crippen LogP contribution in [-0.4, -0.2) is 89.0 Å². The van der Waals surface area contributed by atoms with Gasteiger partial charge in [0, 0.05) is 56.0 Å². The van der Waals surface area contributed by atoms with Gasteiger partial charge in [0.05, 0.1) is 30.6 Å². The Morgan fingerprint density at radius 2 is 1.46 bits per heavy atom. The van der Waals surface area contributed by atoms with Crippen LogP contribution in [0, 0.1) is 92.7 Å². The van der Waals surface area contributed by atoms with Gasteiger partial charge in [-0.2, -0.15) is 0 Å². The molecule has 0 amide bonds. The van der Waals surface area contributed by atoms with Gasteiger partial charge in [0.2, 0.25) is 0 Å². The van der Waals surface area contributed by atoms with Crippen LogP contribution in [0.5, 0.6) is 0 Å². The van der Waals surface area contributed by atoms with Crippen LogP contribution in [-0.2, 0) is 25.4 Å². The van der Waals surface area contributed by atoms with Crippen LogP contribution >= 0.6 is 0 Å². The van der Waals surface area contributed by atoms with Gasteiger partial charge in [-0.1, -0.05) is 112 Å². The van der Waals surface area contributed by atoms with E-state index in [1.165, 1.54) is 96.3 Å². The lowest BCUT2D eigenvalue weighted by atomic mass is 9.42. The van der Waals surface area contributed by atoms with Gasteiger partial charge in [0.1, 0.15) is 6.10 Å². The number of fused-ring (bicyclic) bond motifs is 10. The number of aliphatic hydroxyl groups excluding tert-OH is 1. The molecule has 456 valence electrons. The first kappa shape index (κ1) is 62.7. The van der Waals surface area contributed by atoms with Crippen molar-refractivity contribution in [3.8, 4) is 0 Å². The Kier molecular flexibility index (Phi) is 21.4. The van der Waals surface area contributed by atoms with E-state index in [4.69, 9.17) is 19.9 Å². The fraction of sp³-hybridized carbons (Fsp3) is 0.914. The highest BCUT2D eigenvalue weighted by Gasteiger charge is 2.68. The van der Waals surface area contributed by atoms with Gasteiger partial charge in [0.25, 0.3) is 0 Å². The first-order valence-corrected chi connectivity index (χ1v) is 34.2. The van der Waals surface area contributed by atoms with E-state index in [1.54, 1.807) is 18.1 Å². The normalized spacial score (nSPS) is 39.9. The maximum absolute atomic E-state index is 12.8. The third kappa shape index (κ3) is 13.4. The van der Waals surface area contributed by atoms with E-state index in [0.29, 0.717) is 54.4 Å². The number of unbranched alkanes of at least 4 members (excludes halogenated alkanes) is 1. The fourth-order valence-electron chi connectivity index (χ4n) is 21.3. The topological polar surface area (TPSA) is 152 Å². The average molecular weight is 1110 g/mol. The number of nitrogens with zero attached hydrogens (tertiary/aromatic N) is 1. The number of hydrogen-bond donors (Lipinski definition) is 5. The summed E-state index contributed by atoms with van der Waals surface area (Å²) < 4.78 is 18.8. The minimum absolute atomic E-state index is 0.0186. The molecule has 7 saturated carbocycles. The summed E-state index contributed by atoms with van der Waals surface area (Å²) in [7, 11) is 0. The highest BCUT2D eigenvalue weighted by molar-refractivity contribution is 5.70. The van der Waals surface area contributed by atoms with E-state index in [9.17, 15) is 15.0 Å². The molecule has 7 fully saturated rings. The minimum atomic E-state index is -0.872. The third-order valence-corrected chi connectivity index (χ3v) is 25.7. The van der Waals surface area contributed by atoms with E-state index < -0.39 is 11.7 Å². The number of H-pyrrole nitrogens is 1. The summed E-state index contributed by atoms with van der Waals surface area (Å²) in [4.78, 5) is 20.0. The van der Waals surface area contributed by atoms with Crippen molar-refractivity contribution in [1.82, 2.24) is 15.3 Å². The Balaban J connectivity index is 0.651. The van der Waals surface area contributed by atoms with Gasteiger partial charge in [0.15, 0.2) is 0 Å². The van der Waals surface area contributed by atoms with E-state index >= 15 is 0 Å². The molecule has 6 N–H and O–H groups in total. The number of aromatic nitrogens is 2. The van der Waals surface area contributed by atoms with Crippen LogP contribution in [0.3, 0.4) is 0 Å². The molecule has 80 heavy (non-hydrogen) atoms. The number of carbonyl (C=O) groups excluding carboxylic acids is 1. The molecule has 10 nitrogen and oxygen atoms in total. The Morgan fingerprint density at radius 1 is 0.775 bits per heavy atom. The van der Waals surface area contributed by atoms with Crippen molar-refractivity contribution >= 4 is 5.97 Å². The molecule has 9 unspecified atom stereocenters. The Morgan fingerprint density at radius 3 is 2.16 bits per heavy atom. The maximum Gasteiger partial charge on any atom is 0.306 e. The minimum Gasteiger partial charge on any atom is -0.462 e. The SMILES string of the molecule is CC(C)CCC[C@@H](C)[C@H]1CC[C@H]2C3CC(NCCCOCCCCOC(CCN)CC(C)CCC[C@@H](C)[C@H]4CC[C@H]5C6CC=C7C[C@@H](OC(=O)CCc8cnc[nH]8)CCC7(C)[C@H]6CCC45C)[C@@]4(O)C[C@@H](O)CCC4(C)[C@H]3CCC12C. The molecule has 8 aliphatic carbocycles. The van der Waals surface area contributed by atoms with Crippen molar-refractivity contribution in [3.05, 3.63) is 29.9 Å². The predicted octanol–water partition coefficient (Wildman–Crippen LogP) is 14.8. The Labute approximate surface area is 488 Å². The molecule has 10 heteroatoms. The molecular formula is C70H120N4O6. The molecule has 9 rings (SSSR count). The summed E-state index contributed by atoms with van der Waals surface area (Å²) in [6.45, 7) is 26.5. The summed E-state index contributed by atoms with van der Waals surface area (Å²) in [5, 5.41) is 27.8. The second kappa shape index (κ2) is 27.3. The van der Waals surface area contributed by atoms with E-state index in [-0.39, 0.29) is 35.0 Å².